The van der Waals surface area contributed by atoms with Gasteiger partial charge in [-0.15, -0.1) is 11.6 Å². The Kier molecular flexibility index (Phi) is 4.72. The summed E-state index contributed by atoms with van der Waals surface area (Å²) in [6, 6.07) is 19.1. The van der Waals surface area contributed by atoms with Crippen LogP contribution in [0.5, 0.6) is 0 Å². The highest BCUT2D eigenvalue weighted by molar-refractivity contribution is 6.15. The minimum absolute atomic E-state index is 0.0658. The Labute approximate surface area is 118 Å². The van der Waals surface area contributed by atoms with E-state index in [9.17, 15) is 4.79 Å². The van der Waals surface area contributed by atoms with E-state index >= 15 is 0 Å². The van der Waals surface area contributed by atoms with E-state index in [1.165, 1.54) is 6.38 Å². The van der Waals surface area contributed by atoms with Gasteiger partial charge in [0.1, 0.15) is 6.10 Å². The second-order valence-corrected chi connectivity index (χ2v) is 4.12. The summed E-state index contributed by atoms with van der Waals surface area (Å²) in [6.07, 6.45) is 1.10. The summed E-state index contributed by atoms with van der Waals surface area (Å²) in [5.74, 6) is 0.0689. The topological polar surface area (TPSA) is 29.6 Å². The molecule has 1 saturated heterocycles. The lowest BCUT2D eigenvalue weighted by Gasteiger charge is -1.96. The summed E-state index contributed by atoms with van der Waals surface area (Å²) < 4.78 is 5.47. The van der Waals surface area contributed by atoms with Gasteiger partial charge in [0.15, 0.2) is 11.9 Å². The Hall–Kier alpha value is -1.64. The van der Waals surface area contributed by atoms with Crippen molar-refractivity contribution in [2.45, 2.75) is 12.2 Å². The number of ketones is 1. The molecule has 0 spiro atoms. The van der Waals surface area contributed by atoms with Crippen molar-refractivity contribution in [2.24, 2.45) is 0 Å². The van der Waals surface area contributed by atoms with E-state index in [4.69, 9.17) is 4.74 Å². The summed E-state index contributed by atoms with van der Waals surface area (Å²) in [5, 5.41) is 0. The van der Waals surface area contributed by atoms with Crippen molar-refractivity contribution in [1.82, 2.24) is 0 Å². The molecule has 0 saturated carbocycles. The molecule has 3 heteroatoms. The second-order valence-electron chi connectivity index (χ2n) is 4.12. The van der Waals surface area contributed by atoms with Crippen LogP contribution in [0.1, 0.15) is 22.0 Å². The molecule has 1 aliphatic heterocycles. The molecule has 2 aromatic rings. The first-order valence-electron chi connectivity index (χ1n) is 6.04. The molecule has 2 atom stereocenters. The van der Waals surface area contributed by atoms with Crippen LogP contribution < -0.4 is 0 Å². The Morgan fingerprint density at radius 1 is 0.947 bits per heavy atom. The van der Waals surface area contributed by atoms with E-state index in [1.54, 1.807) is 0 Å². The number of halogens is 1. The number of epoxide rings is 1. The fourth-order valence-corrected chi connectivity index (χ4v) is 1.97. The SMILES string of the molecule is CCl.O=C(c1ccccc1)C1OC1c1ccccc1. The third-order valence-corrected chi connectivity index (χ3v) is 2.94. The zero-order valence-corrected chi connectivity index (χ0v) is 11.4. The van der Waals surface area contributed by atoms with Gasteiger partial charge in [-0.3, -0.25) is 4.79 Å². The number of ether oxygens (including phenoxy) is 1. The quantitative estimate of drug-likeness (QED) is 0.483. The van der Waals surface area contributed by atoms with Crippen molar-refractivity contribution >= 4 is 17.4 Å². The molecule has 2 unspecified atom stereocenters. The van der Waals surface area contributed by atoms with E-state index < -0.39 is 0 Å². The van der Waals surface area contributed by atoms with E-state index in [0.29, 0.717) is 0 Å². The number of alkyl halides is 1. The van der Waals surface area contributed by atoms with Crippen LogP contribution in [0.4, 0.5) is 0 Å². The van der Waals surface area contributed by atoms with Gasteiger partial charge in [0, 0.05) is 11.9 Å². The lowest BCUT2D eigenvalue weighted by atomic mass is 10.0. The summed E-state index contributed by atoms with van der Waals surface area (Å²) in [5.41, 5.74) is 1.79. The van der Waals surface area contributed by atoms with Gasteiger partial charge in [0.2, 0.25) is 0 Å². The lowest BCUT2D eigenvalue weighted by molar-refractivity contribution is 0.0953. The zero-order valence-electron chi connectivity index (χ0n) is 10.6. The normalized spacial score (nSPS) is 20.1. The smallest absolute Gasteiger partial charge is 0.194 e. The third kappa shape index (κ3) is 3.22. The number of benzene rings is 2. The number of carbonyl (C=O) groups is 1. The van der Waals surface area contributed by atoms with Gasteiger partial charge < -0.3 is 4.74 Å². The highest BCUT2D eigenvalue weighted by atomic mass is 35.5. The van der Waals surface area contributed by atoms with Gasteiger partial charge in [0.25, 0.3) is 0 Å². The summed E-state index contributed by atoms with van der Waals surface area (Å²) in [6.45, 7) is 0. The lowest BCUT2D eigenvalue weighted by Crippen LogP contribution is -2.07. The molecule has 0 aliphatic carbocycles. The van der Waals surface area contributed by atoms with Crippen LogP contribution in [-0.2, 0) is 4.74 Å². The maximum absolute atomic E-state index is 12.1. The minimum atomic E-state index is -0.306. The molecular weight excluding hydrogens is 260 g/mol. The van der Waals surface area contributed by atoms with Crippen molar-refractivity contribution in [2.75, 3.05) is 6.38 Å². The largest absolute Gasteiger partial charge is 0.356 e. The molecule has 2 nitrogen and oxygen atoms in total. The zero-order chi connectivity index (χ0) is 13.7. The third-order valence-electron chi connectivity index (χ3n) is 2.94. The monoisotopic (exact) mass is 274 g/mol. The predicted molar refractivity (Wildman–Crippen MR) is 76.6 cm³/mol. The summed E-state index contributed by atoms with van der Waals surface area (Å²) in [4.78, 5) is 12.1. The Morgan fingerprint density at radius 3 is 2.05 bits per heavy atom. The number of Topliss-reactive ketones (excluding diaryl/α,β-unsaturated/α-hetero) is 1. The van der Waals surface area contributed by atoms with Gasteiger partial charge in [-0.1, -0.05) is 60.7 Å². The molecule has 0 bridgehead atoms. The highest BCUT2D eigenvalue weighted by Crippen LogP contribution is 2.40. The average Bonchev–Trinajstić information content (AvgIpc) is 3.31. The van der Waals surface area contributed by atoms with Gasteiger partial charge in [-0.2, -0.15) is 0 Å². The van der Waals surface area contributed by atoms with Crippen molar-refractivity contribution in [1.29, 1.82) is 0 Å². The van der Waals surface area contributed by atoms with Crippen LogP contribution in [0, 0.1) is 0 Å². The van der Waals surface area contributed by atoms with Crippen LogP contribution in [-0.4, -0.2) is 18.3 Å². The van der Waals surface area contributed by atoms with E-state index in [0.717, 1.165) is 11.1 Å². The number of hydrogen-bond acceptors (Lipinski definition) is 2. The molecule has 0 radical (unpaired) electrons. The van der Waals surface area contributed by atoms with Crippen LogP contribution in [0.3, 0.4) is 0 Å². The number of carbonyl (C=O) groups excluding carboxylic acids is 1. The molecule has 2 aromatic carbocycles. The van der Waals surface area contributed by atoms with Crippen LogP contribution in [0.25, 0.3) is 0 Å². The highest BCUT2D eigenvalue weighted by Gasteiger charge is 2.45. The van der Waals surface area contributed by atoms with Crippen molar-refractivity contribution in [3.63, 3.8) is 0 Å². The van der Waals surface area contributed by atoms with Crippen molar-refractivity contribution in [3.05, 3.63) is 71.8 Å². The van der Waals surface area contributed by atoms with E-state index in [1.807, 2.05) is 60.7 Å². The fraction of sp³-hybridized carbons (Fsp3) is 0.188. The molecule has 1 aliphatic rings. The van der Waals surface area contributed by atoms with Crippen molar-refractivity contribution in [3.8, 4) is 0 Å². The molecule has 1 fully saturated rings. The molecule has 0 aromatic heterocycles. The first-order chi connectivity index (χ1) is 9.36. The fourth-order valence-electron chi connectivity index (χ4n) is 1.97. The van der Waals surface area contributed by atoms with Gasteiger partial charge >= 0.3 is 0 Å². The standard InChI is InChI=1S/C15H12O2.CH3Cl/c16-13(11-7-3-1-4-8-11)15-14(17-15)12-9-5-2-6-10-12;1-2/h1-10,14-15H;1H3. The summed E-state index contributed by atoms with van der Waals surface area (Å²) >= 11 is 4.64. The Bertz CT molecular complexity index is 525. The molecule has 98 valence electrons. The molecular formula is C16H15ClO2. The van der Waals surface area contributed by atoms with E-state index in [-0.39, 0.29) is 18.0 Å². The Balaban J connectivity index is 0.000000637. The molecule has 3 rings (SSSR count). The first kappa shape index (κ1) is 13.8. The first-order valence-corrected chi connectivity index (χ1v) is 6.79. The average molecular weight is 275 g/mol. The van der Waals surface area contributed by atoms with Crippen LogP contribution in [0.2, 0.25) is 0 Å². The minimum Gasteiger partial charge on any atom is -0.356 e. The van der Waals surface area contributed by atoms with Crippen LogP contribution in [0.15, 0.2) is 60.7 Å². The molecule has 19 heavy (non-hydrogen) atoms. The molecule has 1 heterocycles. The number of rotatable bonds is 3. The van der Waals surface area contributed by atoms with Crippen LogP contribution >= 0.6 is 11.6 Å². The van der Waals surface area contributed by atoms with Gasteiger partial charge in [-0.25, -0.2) is 0 Å². The maximum atomic E-state index is 12.1. The van der Waals surface area contributed by atoms with Gasteiger partial charge in [0.05, 0.1) is 0 Å². The molecule has 0 N–H and O–H groups in total. The van der Waals surface area contributed by atoms with Gasteiger partial charge in [-0.05, 0) is 5.56 Å². The van der Waals surface area contributed by atoms with Crippen molar-refractivity contribution < 1.29 is 9.53 Å². The molecule has 0 amide bonds. The predicted octanol–water partition coefficient (Wildman–Crippen LogP) is 3.86. The Morgan fingerprint density at radius 2 is 1.47 bits per heavy atom. The number of hydrogen-bond donors (Lipinski definition) is 0. The second kappa shape index (κ2) is 6.50. The maximum Gasteiger partial charge on any atom is 0.194 e. The van der Waals surface area contributed by atoms with E-state index in [2.05, 4.69) is 11.6 Å². The summed E-state index contributed by atoms with van der Waals surface area (Å²) in [7, 11) is 0.